The Bertz CT molecular complexity index is 1270. The van der Waals surface area contributed by atoms with E-state index in [1.54, 1.807) is 17.5 Å². The molecule has 3 heterocycles. The SMILES string of the molecule is O=C(Cc1csc(NC(=O)c2ccco2)n1)Nc1ncc(Cc2cccc(C(F)(F)F)c2)s1. The Morgan fingerprint density at radius 2 is 1.94 bits per heavy atom. The Hall–Kier alpha value is -3.51. The van der Waals surface area contributed by atoms with Crippen LogP contribution in [-0.2, 0) is 23.8 Å². The number of alkyl halides is 3. The number of nitrogens with zero attached hydrogens (tertiary/aromatic N) is 2. The van der Waals surface area contributed by atoms with Crippen LogP contribution in [0.15, 0.2) is 58.7 Å². The quantitative estimate of drug-likeness (QED) is 0.368. The highest BCUT2D eigenvalue weighted by atomic mass is 32.1. The van der Waals surface area contributed by atoms with Gasteiger partial charge in [0.1, 0.15) is 0 Å². The van der Waals surface area contributed by atoms with Crippen molar-refractivity contribution in [3.05, 3.63) is 81.7 Å². The summed E-state index contributed by atoms with van der Waals surface area (Å²) in [6.07, 6.45) is -1.26. The molecule has 0 aliphatic heterocycles. The molecule has 170 valence electrons. The maximum Gasteiger partial charge on any atom is 0.416 e. The first-order chi connectivity index (χ1) is 15.8. The summed E-state index contributed by atoms with van der Waals surface area (Å²) in [6, 6.07) is 8.21. The van der Waals surface area contributed by atoms with E-state index in [2.05, 4.69) is 20.6 Å². The predicted molar refractivity (Wildman–Crippen MR) is 117 cm³/mol. The lowest BCUT2D eigenvalue weighted by atomic mass is 10.1. The number of halogens is 3. The fourth-order valence-corrected chi connectivity index (χ4v) is 4.41. The van der Waals surface area contributed by atoms with Gasteiger partial charge in [0.15, 0.2) is 16.0 Å². The van der Waals surface area contributed by atoms with Crippen LogP contribution in [0.3, 0.4) is 0 Å². The zero-order valence-electron chi connectivity index (χ0n) is 16.7. The van der Waals surface area contributed by atoms with E-state index in [9.17, 15) is 22.8 Å². The summed E-state index contributed by atoms with van der Waals surface area (Å²) in [6.45, 7) is 0. The van der Waals surface area contributed by atoms with E-state index < -0.39 is 17.6 Å². The minimum atomic E-state index is -4.40. The highest BCUT2D eigenvalue weighted by Gasteiger charge is 2.30. The number of carbonyl (C=O) groups excluding carboxylic acids is 2. The number of amides is 2. The lowest BCUT2D eigenvalue weighted by Crippen LogP contribution is -2.15. The van der Waals surface area contributed by atoms with Gasteiger partial charge < -0.3 is 9.73 Å². The maximum absolute atomic E-state index is 12.9. The number of rotatable bonds is 7. The first kappa shape index (κ1) is 22.7. The summed E-state index contributed by atoms with van der Waals surface area (Å²) in [5, 5.41) is 7.56. The van der Waals surface area contributed by atoms with Gasteiger partial charge in [0.2, 0.25) is 5.91 Å². The van der Waals surface area contributed by atoms with Gasteiger partial charge in [0, 0.05) is 22.9 Å². The van der Waals surface area contributed by atoms with Gasteiger partial charge in [-0.15, -0.1) is 22.7 Å². The van der Waals surface area contributed by atoms with Crippen molar-refractivity contribution < 1.29 is 27.2 Å². The van der Waals surface area contributed by atoms with Crippen LogP contribution in [0.5, 0.6) is 0 Å². The topological polar surface area (TPSA) is 97.1 Å². The zero-order chi connectivity index (χ0) is 23.4. The average Bonchev–Trinajstić information content (AvgIpc) is 3.51. The smallest absolute Gasteiger partial charge is 0.416 e. The highest BCUT2D eigenvalue weighted by Crippen LogP contribution is 2.30. The molecule has 0 unspecified atom stereocenters. The fourth-order valence-electron chi connectivity index (χ4n) is 2.85. The van der Waals surface area contributed by atoms with Gasteiger partial charge in [-0.3, -0.25) is 14.9 Å². The van der Waals surface area contributed by atoms with Crippen LogP contribution in [0.4, 0.5) is 23.4 Å². The summed E-state index contributed by atoms with van der Waals surface area (Å²) in [4.78, 5) is 33.3. The molecule has 0 aliphatic carbocycles. The summed E-state index contributed by atoms with van der Waals surface area (Å²) in [7, 11) is 0. The van der Waals surface area contributed by atoms with Crippen LogP contribution >= 0.6 is 22.7 Å². The molecule has 3 aromatic heterocycles. The fraction of sp³-hybridized carbons (Fsp3) is 0.143. The van der Waals surface area contributed by atoms with Gasteiger partial charge >= 0.3 is 6.18 Å². The van der Waals surface area contributed by atoms with Crippen molar-refractivity contribution in [2.45, 2.75) is 19.0 Å². The first-order valence-corrected chi connectivity index (χ1v) is 11.2. The second-order valence-corrected chi connectivity index (χ2v) is 8.78. The van der Waals surface area contributed by atoms with Gasteiger partial charge in [0.05, 0.1) is 23.9 Å². The van der Waals surface area contributed by atoms with E-state index in [0.717, 1.165) is 12.1 Å². The Morgan fingerprint density at radius 1 is 1.09 bits per heavy atom. The first-order valence-electron chi connectivity index (χ1n) is 9.46. The monoisotopic (exact) mass is 492 g/mol. The van der Waals surface area contributed by atoms with Gasteiger partial charge in [-0.25, -0.2) is 9.97 Å². The largest absolute Gasteiger partial charge is 0.459 e. The highest BCUT2D eigenvalue weighted by molar-refractivity contribution is 7.15. The summed E-state index contributed by atoms with van der Waals surface area (Å²) < 4.78 is 43.6. The molecule has 0 bridgehead atoms. The van der Waals surface area contributed by atoms with Crippen LogP contribution < -0.4 is 10.6 Å². The molecule has 1 aromatic carbocycles. The number of furan rings is 1. The number of nitrogens with one attached hydrogen (secondary N) is 2. The molecule has 12 heteroatoms. The minimum Gasteiger partial charge on any atom is -0.459 e. The molecule has 0 spiro atoms. The van der Waals surface area contributed by atoms with Crippen LogP contribution in [0.25, 0.3) is 0 Å². The van der Waals surface area contributed by atoms with Gasteiger partial charge in [0.25, 0.3) is 5.91 Å². The molecule has 0 atom stereocenters. The normalized spacial score (nSPS) is 11.4. The van der Waals surface area contributed by atoms with Crippen LogP contribution in [0.1, 0.15) is 32.3 Å². The third-order valence-corrected chi connectivity index (χ3v) is 6.01. The Labute approximate surface area is 193 Å². The van der Waals surface area contributed by atoms with Crippen molar-refractivity contribution in [2.24, 2.45) is 0 Å². The lowest BCUT2D eigenvalue weighted by Gasteiger charge is -2.07. The van der Waals surface area contributed by atoms with E-state index in [1.165, 1.54) is 47.3 Å². The molecule has 4 aromatic rings. The molecule has 2 N–H and O–H groups in total. The van der Waals surface area contributed by atoms with Crippen molar-refractivity contribution >= 4 is 44.8 Å². The molecule has 2 amide bonds. The molecule has 4 rings (SSSR count). The number of thiazole rings is 2. The Kier molecular flexibility index (Phi) is 6.56. The van der Waals surface area contributed by atoms with E-state index in [0.29, 0.717) is 26.4 Å². The summed E-state index contributed by atoms with van der Waals surface area (Å²) in [5.41, 5.74) is 0.256. The van der Waals surface area contributed by atoms with Gasteiger partial charge in [-0.2, -0.15) is 13.2 Å². The van der Waals surface area contributed by atoms with Crippen molar-refractivity contribution in [1.82, 2.24) is 9.97 Å². The van der Waals surface area contributed by atoms with Crippen molar-refractivity contribution in [3.8, 4) is 0 Å². The van der Waals surface area contributed by atoms with E-state index in [4.69, 9.17) is 4.42 Å². The molecular formula is C21H15F3N4O3S2. The minimum absolute atomic E-state index is 0.0321. The Morgan fingerprint density at radius 3 is 2.70 bits per heavy atom. The van der Waals surface area contributed by atoms with E-state index in [1.807, 2.05) is 0 Å². The average molecular weight is 493 g/mol. The Balaban J connectivity index is 1.31. The van der Waals surface area contributed by atoms with Gasteiger partial charge in [-0.1, -0.05) is 18.2 Å². The number of aromatic nitrogens is 2. The molecule has 0 fully saturated rings. The second-order valence-electron chi connectivity index (χ2n) is 6.81. The molecule has 0 saturated carbocycles. The number of anilines is 2. The maximum atomic E-state index is 12.9. The second kappa shape index (κ2) is 9.55. The summed E-state index contributed by atoms with van der Waals surface area (Å²) >= 11 is 2.36. The molecule has 0 aliphatic rings. The molecule has 7 nitrogen and oxygen atoms in total. The van der Waals surface area contributed by atoms with Crippen molar-refractivity contribution in [3.63, 3.8) is 0 Å². The lowest BCUT2D eigenvalue weighted by molar-refractivity contribution is -0.137. The van der Waals surface area contributed by atoms with E-state index >= 15 is 0 Å². The third-order valence-electron chi connectivity index (χ3n) is 4.29. The van der Waals surface area contributed by atoms with Crippen molar-refractivity contribution in [2.75, 3.05) is 10.6 Å². The molecule has 0 saturated heterocycles. The number of carbonyl (C=O) groups is 2. The number of hydrogen-bond donors (Lipinski definition) is 2. The van der Waals surface area contributed by atoms with Crippen LogP contribution in [0.2, 0.25) is 0 Å². The molecule has 0 radical (unpaired) electrons. The third kappa shape index (κ3) is 6.05. The van der Waals surface area contributed by atoms with Crippen molar-refractivity contribution in [1.29, 1.82) is 0 Å². The number of hydrogen-bond acceptors (Lipinski definition) is 7. The van der Waals surface area contributed by atoms with Gasteiger partial charge in [-0.05, 0) is 23.8 Å². The zero-order valence-corrected chi connectivity index (χ0v) is 18.3. The van der Waals surface area contributed by atoms with E-state index in [-0.39, 0.29) is 24.5 Å². The summed E-state index contributed by atoms with van der Waals surface area (Å²) in [5.74, 6) is -0.653. The standard InChI is InChI=1S/C21H15F3N4O3S2/c22-21(23,24)13-4-1-3-12(7-13)8-15-10-25-19(33-15)27-17(29)9-14-11-32-20(26-14)28-18(30)16-5-2-6-31-16/h1-7,10-11H,8-9H2,(H,25,27,29)(H,26,28,30). The molecule has 33 heavy (non-hydrogen) atoms. The van der Waals surface area contributed by atoms with Crippen LogP contribution in [0, 0.1) is 0 Å². The van der Waals surface area contributed by atoms with Crippen LogP contribution in [-0.4, -0.2) is 21.8 Å². The molecular weight excluding hydrogens is 477 g/mol. The predicted octanol–water partition coefficient (Wildman–Crippen LogP) is 5.24. The number of benzene rings is 1.